The third kappa shape index (κ3) is 5.03. The van der Waals surface area contributed by atoms with Crippen LogP contribution in [0.5, 0.6) is 0 Å². The fraction of sp³-hybridized carbons (Fsp3) is 0.267. The molecule has 6 nitrogen and oxygen atoms in total. The number of aromatic nitrogens is 1. The SMILES string of the molecule is CC(=O)Nc1cc(NC(=O)NC[C@H](C)c2nccs2)ccc1F. The van der Waals surface area contributed by atoms with Gasteiger partial charge in [0.15, 0.2) is 0 Å². The van der Waals surface area contributed by atoms with Crippen molar-refractivity contribution in [1.82, 2.24) is 10.3 Å². The molecule has 0 bridgehead atoms. The van der Waals surface area contributed by atoms with Crippen LogP contribution in [-0.4, -0.2) is 23.5 Å². The molecule has 1 heterocycles. The molecule has 23 heavy (non-hydrogen) atoms. The van der Waals surface area contributed by atoms with E-state index in [1.807, 2.05) is 12.3 Å². The van der Waals surface area contributed by atoms with Crippen LogP contribution < -0.4 is 16.0 Å². The first-order valence-corrected chi connectivity index (χ1v) is 7.85. The van der Waals surface area contributed by atoms with Gasteiger partial charge in [-0.2, -0.15) is 0 Å². The van der Waals surface area contributed by atoms with E-state index in [4.69, 9.17) is 0 Å². The highest BCUT2D eigenvalue weighted by Crippen LogP contribution is 2.20. The average molecular weight is 336 g/mol. The van der Waals surface area contributed by atoms with E-state index < -0.39 is 11.8 Å². The number of nitrogens with one attached hydrogen (secondary N) is 3. The maximum Gasteiger partial charge on any atom is 0.319 e. The molecule has 2 rings (SSSR count). The molecule has 1 aromatic heterocycles. The molecule has 0 aliphatic carbocycles. The quantitative estimate of drug-likeness (QED) is 0.784. The fourth-order valence-electron chi connectivity index (χ4n) is 1.87. The number of anilines is 2. The highest BCUT2D eigenvalue weighted by Gasteiger charge is 2.11. The van der Waals surface area contributed by atoms with Crippen molar-refractivity contribution in [1.29, 1.82) is 0 Å². The highest BCUT2D eigenvalue weighted by atomic mass is 32.1. The first-order valence-electron chi connectivity index (χ1n) is 6.97. The summed E-state index contributed by atoms with van der Waals surface area (Å²) in [5.41, 5.74) is 0.404. The Kier molecular flexibility index (Phi) is 5.64. The molecule has 0 fully saturated rings. The maximum atomic E-state index is 13.5. The van der Waals surface area contributed by atoms with Crippen molar-refractivity contribution in [2.75, 3.05) is 17.2 Å². The first-order chi connectivity index (χ1) is 11.0. The van der Waals surface area contributed by atoms with Crippen LogP contribution in [0.4, 0.5) is 20.6 Å². The van der Waals surface area contributed by atoms with Crippen molar-refractivity contribution >= 4 is 34.6 Å². The highest BCUT2D eigenvalue weighted by molar-refractivity contribution is 7.09. The van der Waals surface area contributed by atoms with Gasteiger partial charge in [0.1, 0.15) is 5.82 Å². The molecule has 122 valence electrons. The zero-order valence-electron chi connectivity index (χ0n) is 12.7. The molecule has 0 aliphatic heterocycles. The maximum absolute atomic E-state index is 13.5. The van der Waals surface area contributed by atoms with Gasteiger partial charge in [0.2, 0.25) is 5.91 Å². The smallest absolute Gasteiger partial charge is 0.319 e. The minimum Gasteiger partial charge on any atom is -0.337 e. The van der Waals surface area contributed by atoms with Crippen LogP contribution in [0, 0.1) is 5.82 Å². The van der Waals surface area contributed by atoms with Gasteiger partial charge >= 0.3 is 6.03 Å². The summed E-state index contributed by atoms with van der Waals surface area (Å²) in [4.78, 5) is 27.1. The van der Waals surface area contributed by atoms with Gasteiger partial charge in [0.25, 0.3) is 0 Å². The van der Waals surface area contributed by atoms with Crippen LogP contribution in [0.3, 0.4) is 0 Å². The second kappa shape index (κ2) is 7.68. The largest absolute Gasteiger partial charge is 0.337 e. The summed E-state index contributed by atoms with van der Waals surface area (Å²) in [5, 5.41) is 10.5. The lowest BCUT2D eigenvalue weighted by atomic mass is 10.2. The van der Waals surface area contributed by atoms with Crippen LogP contribution in [0.2, 0.25) is 0 Å². The molecule has 0 saturated carbocycles. The average Bonchev–Trinajstić information content (AvgIpc) is 3.02. The predicted molar refractivity (Wildman–Crippen MR) is 88.3 cm³/mol. The summed E-state index contributed by atoms with van der Waals surface area (Å²) < 4.78 is 13.5. The molecular weight excluding hydrogens is 319 g/mol. The Morgan fingerprint density at radius 3 is 2.78 bits per heavy atom. The minimum absolute atomic E-state index is 0.0199. The molecular formula is C15H17FN4O2S. The van der Waals surface area contributed by atoms with Crippen molar-refractivity contribution in [3.8, 4) is 0 Å². The molecule has 0 spiro atoms. The van der Waals surface area contributed by atoms with Crippen LogP contribution in [-0.2, 0) is 4.79 Å². The van der Waals surface area contributed by atoms with Gasteiger partial charge in [-0.25, -0.2) is 14.2 Å². The third-order valence-corrected chi connectivity index (χ3v) is 3.98. The van der Waals surface area contributed by atoms with Crippen LogP contribution in [0.1, 0.15) is 24.8 Å². The second-order valence-electron chi connectivity index (χ2n) is 4.98. The van der Waals surface area contributed by atoms with E-state index in [1.54, 1.807) is 6.20 Å². The Bertz CT molecular complexity index is 691. The van der Waals surface area contributed by atoms with E-state index in [2.05, 4.69) is 20.9 Å². The zero-order valence-corrected chi connectivity index (χ0v) is 13.5. The van der Waals surface area contributed by atoms with Gasteiger partial charge in [0.05, 0.1) is 10.7 Å². The molecule has 3 amide bonds. The van der Waals surface area contributed by atoms with Crippen molar-refractivity contribution in [3.63, 3.8) is 0 Å². The monoisotopic (exact) mass is 336 g/mol. The van der Waals surface area contributed by atoms with Gasteiger partial charge in [0, 0.05) is 36.7 Å². The Morgan fingerprint density at radius 2 is 2.13 bits per heavy atom. The molecule has 0 unspecified atom stereocenters. The number of benzene rings is 1. The number of halogens is 1. The molecule has 3 N–H and O–H groups in total. The van der Waals surface area contributed by atoms with Crippen molar-refractivity contribution in [2.24, 2.45) is 0 Å². The number of carbonyl (C=O) groups is 2. The number of rotatable bonds is 5. The van der Waals surface area contributed by atoms with E-state index in [-0.39, 0.29) is 17.5 Å². The number of nitrogens with zero attached hydrogens (tertiary/aromatic N) is 1. The standard InChI is InChI=1S/C15H17FN4O2S/c1-9(14-17-5-6-23-14)8-18-15(22)20-11-3-4-12(16)13(7-11)19-10(2)21/h3-7,9H,8H2,1-2H3,(H,19,21)(H2,18,20,22)/t9-/m0/s1. The summed E-state index contributed by atoms with van der Waals surface area (Å²) in [6.45, 7) is 3.68. The van der Waals surface area contributed by atoms with Crippen LogP contribution >= 0.6 is 11.3 Å². The predicted octanol–water partition coefficient (Wildman–Crippen LogP) is 3.17. The van der Waals surface area contributed by atoms with E-state index >= 15 is 0 Å². The van der Waals surface area contributed by atoms with E-state index in [9.17, 15) is 14.0 Å². The summed E-state index contributed by atoms with van der Waals surface area (Å²) >= 11 is 1.53. The Hall–Kier alpha value is -2.48. The summed E-state index contributed by atoms with van der Waals surface area (Å²) in [5.74, 6) is -0.852. The molecule has 0 saturated heterocycles. The normalized spacial score (nSPS) is 11.6. The van der Waals surface area contributed by atoms with E-state index in [0.29, 0.717) is 12.2 Å². The topological polar surface area (TPSA) is 83.1 Å². The van der Waals surface area contributed by atoms with Gasteiger partial charge in [-0.15, -0.1) is 11.3 Å². The summed E-state index contributed by atoms with van der Waals surface area (Å²) in [6.07, 6.45) is 1.72. The third-order valence-electron chi connectivity index (χ3n) is 2.98. The lowest BCUT2D eigenvalue weighted by Crippen LogP contribution is -2.31. The molecule has 2 aromatic rings. The van der Waals surface area contributed by atoms with Crippen molar-refractivity contribution < 1.29 is 14.0 Å². The van der Waals surface area contributed by atoms with Gasteiger partial charge in [-0.3, -0.25) is 4.79 Å². The van der Waals surface area contributed by atoms with Gasteiger partial charge in [-0.05, 0) is 18.2 Å². The lowest BCUT2D eigenvalue weighted by molar-refractivity contribution is -0.114. The van der Waals surface area contributed by atoms with Crippen molar-refractivity contribution in [3.05, 3.63) is 40.6 Å². The number of hydrogen-bond acceptors (Lipinski definition) is 4. The van der Waals surface area contributed by atoms with Crippen LogP contribution in [0.25, 0.3) is 0 Å². The number of thiazole rings is 1. The van der Waals surface area contributed by atoms with E-state index in [1.165, 1.54) is 36.5 Å². The van der Waals surface area contributed by atoms with Gasteiger partial charge < -0.3 is 16.0 Å². The van der Waals surface area contributed by atoms with Crippen molar-refractivity contribution in [2.45, 2.75) is 19.8 Å². The van der Waals surface area contributed by atoms with Crippen LogP contribution in [0.15, 0.2) is 29.8 Å². The molecule has 8 heteroatoms. The molecule has 0 aliphatic rings. The number of amides is 3. The first kappa shape index (κ1) is 16.9. The molecule has 1 aromatic carbocycles. The summed E-state index contributed by atoms with van der Waals surface area (Å²) in [7, 11) is 0. The number of urea groups is 1. The van der Waals surface area contributed by atoms with E-state index in [0.717, 1.165) is 5.01 Å². The number of hydrogen-bond donors (Lipinski definition) is 3. The molecule has 0 radical (unpaired) electrons. The molecule has 1 atom stereocenters. The Labute approximate surface area is 137 Å². The second-order valence-corrected chi connectivity index (χ2v) is 5.91. The Balaban J connectivity index is 1.91. The fourth-order valence-corrected chi connectivity index (χ4v) is 2.57. The number of carbonyl (C=O) groups excluding carboxylic acids is 2. The summed E-state index contributed by atoms with van der Waals surface area (Å²) in [6, 6.07) is 3.55. The minimum atomic E-state index is -0.566. The Morgan fingerprint density at radius 1 is 1.35 bits per heavy atom. The zero-order chi connectivity index (χ0) is 16.8. The lowest BCUT2D eigenvalue weighted by Gasteiger charge is -2.12. The van der Waals surface area contributed by atoms with Gasteiger partial charge in [-0.1, -0.05) is 6.92 Å².